The Morgan fingerprint density at radius 3 is 2.78 bits per heavy atom. The minimum Gasteiger partial charge on any atom is -0.493 e. The summed E-state index contributed by atoms with van der Waals surface area (Å²) in [5.41, 5.74) is 1.23. The van der Waals surface area contributed by atoms with Crippen LogP contribution < -0.4 is 20.9 Å². The standard InChI is InChI=1S/C22H19ClN4O5/c23-12-2-5-18-14(10-12)15(7-8-32-18)24-20(29)11-1-3-13-16(9-11)26-27(22(13)31)17-4-6-19(28)25-21(17)30/h1-3,5,9-10,15,17,26H,4,6-8H2,(H,24,29)(H,25,28,30)/t15-,17?/m1/s1. The van der Waals surface area contributed by atoms with E-state index in [4.69, 9.17) is 16.3 Å². The zero-order valence-corrected chi connectivity index (χ0v) is 17.6. The number of H-pyrrole nitrogens is 1. The topological polar surface area (TPSA) is 122 Å². The van der Waals surface area contributed by atoms with Crippen molar-refractivity contribution in [2.24, 2.45) is 0 Å². The van der Waals surface area contributed by atoms with Crippen LogP contribution in [0.3, 0.4) is 0 Å². The number of imide groups is 1. The van der Waals surface area contributed by atoms with Crippen molar-refractivity contribution in [2.75, 3.05) is 6.61 Å². The quantitative estimate of drug-likeness (QED) is 0.524. The van der Waals surface area contributed by atoms with Crippen LogP contribution in [0.2, 0.25) is 5.02 Å². The maximum absolute atomic E-state index is 12.9. The van der Waals surface area contributed by atoms with Crippen LogP contribution in [0.1, 0.15) is 47.3 Å². The summed E-state index contributed by atoms with van der Waals surface area (Å²) >= 11 is 6.11. The largest absolute Gasteiger partial charge is 0.493 e. The van der Waals surface area contributed by atoms with Gasteiger partial charge in [0.05, 0.1) is 23.6 Å². The molecule has 3 aromatic rings. The molecule has 1 unspecified atom stereocenters. The number of rotatable bonds is 3. The first kappa shape index (κ1) is 20.3. The Balaban J connectivity index is 1.42. The molecule has 5 rings (SSSR count). The number of benzene rings is 2. The molecule has 3 amide bonds. The first-order valence-electron chi connectivity index (χ1n) is 10.2. The van der Waals surface area contributed by atoms with E-state index in [1.165, 1.54) is 4.68 Å². The Hall–Kier alpha value is -3.59. The molecule has 1 saturated heterocycles. The molecule has 3 N–H and O–H groups in total. The third kappa shape index (κ3) is 3.54. The molecule has 2 aliphatic rings. The molecule has 0 bridgehead atoms. The lowest BCUT2D eigenvalue weighted by Crippen LogP contribution is -2.44. The maximum atomic E-state index is 12.9. The van der Waals surface area contributed by atoms with Crippen LogP contribution in [-0.4, -0.2) is 34.1 Å². The van der Waals surface area contributed by atoms with Crippen molar-refractivity contribution in [1.29, 1.82) is 0 Å². The predicted molar refractivity (Wildman–Crippen MR) is 116 cm³/mol. The summed E-state index contributed by atoms with van der Waals surface area (Å²) < 4.78 is 6.85. The first-order valence-corrected chi connectivity index (χ1v) is 10.6. The van der Waals surface area contributed by atoms with Gasteiger partial charge < -0.3 is 10.1 Å². The number of halogens is 1. The second-order valence-electron chi connectivity index (χ2n) is 7.86. The van der Waals surface area contributed by atoms with Crippen LogP contribution in [-0.2, 0) is 9.59 Å². The lowest BCUT2D eigenvalue weighted by atomic mass is 10.00. The van der Waals surface area contributed by atoms with Gasteiger partial charge in [0.1, 0.15) is 11.8 Å². The van der Waals surface area contributed by atoms with Gasteiger partial charge in [-0.25, -0.2) is 4.68 Å². The molecule has 9 nitrogen and oxygen atoms in total. The molecule has 2 aliphatic heterocycles. The van der Waals surface area contributed by atoms with Crippen LogP contribution in [0, 0.1) is 0 Å². The number of amides is 3. The average Bonchev–Trinajstić information content (AvgIpc) is 3.10. The van der Waals surface area contributed by atoms with E-state index in [1.54, 1.807) is 36.4 Å². The molecule has 1 aromatic heterocycles. The lowest BCUT2D eigenvalue weighted by molar-refractivity contribution is -0.136. The summed E-state index contributed by atoms with van der Waals surface area (Å²) in [6.45, 7) is 0.473. The summed E-state index contributed by atoms with van der Waals surface area (Å²) in [6, 6.07) is 8.95. The van der Waals surface area contributed by atoms with Gasteiger partial charge in [0.2, 0.25) is 5.91 Å². The highest BCUT2D eigenvalue weighted by Crippen LogP contribution is 2.34. The molecule has 32 heavy (non-hydrogen) atoms. The van der Waals surface area contributed by atoms with Gasteiger partial charge in [0.15, 0.2) is 0 Å². The van der Waals surface area contributed by atoms with Crippen LogP contribution in [0.25, 0.3) is 10.9 Å². The van der Waals surface area contributed by atoms with Crippen molar-refractivity contribution in [2.45, 2.75) is 31.3 Å². The Bertz CT molecular complexity index is 1330. The highest BCUT2D eigenvalue weighted by Gasteiger charge is 2.30. The minimum absolute atomic E-state index is 0.155. The molecular weight excluding hydrogens is 436 g/mol. The van der Waals surface area contributed by atoms with E-state index in [9.17, 15) is 19.2 Å². The number of aromatic nitrogens is 2. The van der Waals surface area contributed by atoms with Crippen LogP contribution in [0.4, 0.5) is 0 Å². The van der Waals surface area contributed by atoms with Crippen molar-refractivity contribution in [3.8, 4) is 5.75 Å². The highest BCUT2D eigenvalue weighted by molar-refractivity contribution is 6.30. The number of ether oxygens (including phenoxy) is 1. The molecule has 0 spiro atoms. The number of fused-ring (bicyclic) bond motifs is 2. The lowest BCUT2D eigenvalue weighted by Gasteiger charge is -2.27. The van der Waals surface area contributed by atoms with E-state index in [-0.39, 0.29) is 36.3 Å². The number of hydrogen-bond donors (Lipinski definition) is 3. The molecule has 10 heteroatoms. The van der Waals surface area contributed by atoms with Crippen molar-refractivity contribution in [1.82, 2.24) is 20.4 Å². The van der Waals surface area contributed by atoms with Gasteiger partial charge in [0, 0.05) is 29.0 Å². The summed E-state index contributed by atoms with van der Waals surface area (Å²) in [5, 5.41) is 9.08. The molecule has 2 aromatic carbocycles. The number of carbonyl (C=O) groups excluding carboxylic acids is 3. The Morgan fingerprint density at radius 1 is 1.12 bits per heavy atom. The number of nitrogens with one attached hydrogen (secondary N) is 3. The second kappa shape index (κ2) is 7.83. The van der Waals surface area contributed by atoms with E-state index in [0.29, 0.717) is 40.3 Å². The van der Waals surface area contributed by atoms with Gasteiger partial charge in [-0.2, -0.15) is 0 Å². The van der Waals surface area contributed by atoms with Gasteiger partial charge in [-0.15, -0.1) is 0 Å². The normalized spacial score (nSPS) is 20.4. The Labute approximate surface area is 186 Å². The van der Waals surface area contributed by atoms with Crippen molar-refractivity contribution >= 4 is 40.2 Å². The smallest absolute Gasteiger partial charge is 0.275 e. The zero-order chi connectivity index (χ0) is 22.4. The van der Waals surface area contributed by atoms with Gasteiger partial charge >= 0.3 is 0 Å². The maximum Gasteiger partial charge on any atom is 0.275 e. The Morgan fingerprint density at radius 2 is 1.97 bits per heavy atom. The fourth-order valence-electron chi connectivity index (χ4n) is 4.18. The van der Waals surface area contributed by atoms with Crippen LogP contribution in [0.5, 0.6) is 5.75 Å². The SMILES string of the molecule is O=C1CCC(n2[nH]c3cc(C(=O)N[C@@H]4CCOc5ccc(Cl)cc54)ccc3c2=O)C(=O)N1. The van der Waals surface area contributed by atoms with Gasteiger partial charge in [-0.3, -0.25) is 29.6 Å². The summed E-state index contributed by atoms with van der Waals surface area (Å²) in [5.74, 6) is -0.499. The fourth-order valence-corrected chi connectivity index (χ4v) is 4.36. The minimum atomic E-state index is -0.798. The van der Waals surface area contributed by atoms with Crippen molar-refractivity contribution in [3.63, 3.8) is 0 Å². The number of carbonyl (C=O) groups is 3. The van der Waals surface area contributed by atoms with E-state index in [0.717, 1.165) is 5.56 Å². The summed E-state index contributed by atoms with van der Waals surface area (Å²) in [4.78, 5) is 49.3. The fraction of sp³-hybridized carbons (Fsp3) is 0.273. The van der Waals surface area contributed by atoms with Crippen LogP contribution in [0.15, 0.2) is 41.2 Å². The van der Waals surface area contributed by atoms with E-state index in [1.807, 2.05) is 0 Å². The molecule has 2 atom stereocenters. The molecular formula is C22H19ClN4O5. The van der Waals surface area contributed by atoms with E-state index in [2.05, 4.69) is 15.7 Å². The number of aromatic amines is 1. The van der Waals surface area contributed by atoms with Gasteiger partial charge in [-0.05, 0) is 42.8 Å². The number of piperidine rings is 1. The van der Waals surface area contributed by atoms with E-state index >= 15 is 0 Å². The third-order valence-corrected chi connectivity index (χ3v) is 6.05. The number of hydrogen-bond acceptors (Lipinski definition) is 5. The van der Waals surface area contributed by atoms with E-state index < -0.39 is 11.9 Å². The second-order valence-corrected chi connectivity index (χ2v) is 8.30. The predicted octanol–water partition coefficient (Wildman–Crippen LogP) is 2.21. The zero-order valence-electron chi connectivity index (χ0n) is 16.8. The average molecular weight is 455 g/mol. The van der Waals surface area contributed by atoms with Crippen molar-refractivity contribution in [3.05, 3.63) is 62.9 Å². The molecule has 0 radical (unpaired) electrons. The Kier molecular flexibility index (Phi) is 4.97. The highest BCUT2D eigenvalue weighted by atomic mass is 35.5. The van der Waals surface area contributed by atoms with Gasteiger partial charge in [0.25, 0.3) is 17.4 Å². The molecule has 0 saturated carbocycles. The summed E-state index contributed by atoms with van der Waals surface area (Å²) in [7, 11) is 0. The van der Waals surface area contributed by atoms with Gasteiger partial charge in [-0.1, -0.05) is 11.6 Å². The molecule has 164 valence electrons. The molecule has 1 fully saturated rings. The van der Waals surface area contributed by atoms with Crippen molar-refractivity contribution < 1.29 is 19.1 Å². The molecule has 0 aliphatic carbocycles. The summed E-state index contributed by atoms with van der Waals surface area (Å²) in [6.07, 6.45) is 0.989. The van der Waals surface area contributed by atoms with Crippen LogP contribution >= 0.6 is 11.6 Å². The third-order valence-electron chi connectivity index (χ3n) is 5.81. The first-order chi connectivity index (χ1) is 15.4. The number of nitrogens with zero attached hydrogens (tertiary/aromatic N) is 1. The monoisotopic (exact) mass is 454 g/mol. The molecule has 3 heterocycles.